The van der Waals surface area contributed by atoms with Crippen LogP contribution in [0.5, 0.6) is 0 Å². The summed E-state index contributed by atoms with van der Waals surface area (Å²) >= 11 is 0. The maximum atomic E-state index is 11.3. The molecule has 0 N–H and O–H groups in total. The minimum Gasteiger partial charge on any atom is -0.465 e. The molecule has 0 aromatic carbocycles. The van der Waals surface area contributed by atoms with E-state index in [1.54, 1.807) is 11.9 Å². The fourth-order valence-corrected chi connectivity index (χ4v) is 1.39. The second-order valence-corrected chi connectivity index (χ2v) is 4.85. The van der Waals surface area contributed by atoms with Crippen molar-refractivity contribution < 1.29 is 14.3 Å². The third-order valence-corrected chi connectivity index (χ3v) is 2.50. The zero-order valence-electron chi connectivity index (χ0n) is 11.8. The average Bonchev–Trinajstić information content (AvgIpc) is 2.34. The first-order chi connectivity index (χ1) is 8.47. The van der Waals surface area contributed by atoms with E-state index in [1.165, 1.54) is 6.08 Å². The van der Waals surface area contributed by atoms with Crippen LogP contribution < -0.4 is 0 Å². The molecular formula is C14H25NO3. The molecule has 0 aliphatic heterocycles. The Balaban J connectivity index is 3.48. The number of rotatable bonds is 9. The van der Waals surface area contributed by atoms with Crippen molar-refractivity contribution in [2.75, 3.05) is 20.2 Å². The summed E-state index contributed by atoms with van der Waals surface area (Å²) in [7, 11) is 1.75. The Bertz CT molecular complexity index is 274. The molecule has 0 saturated carbocycles. The molecule has 0 atom stereocenters. The predicted molar refractivity (Wildman–Crippen MR) is 72.1 cm³/mol. The van der Waals surface area contributed by atoms with E-state index in [9.17, 15) is 9.59 Å². The van der Waals surface area contributed by atoms with E-state index in [-0.39, 0.29) is 11.9 Å². The Morgan fingerprint density at radius 1 is 1.28 bits per heavy atom. The summed E-state index contributed by atoms with van der Waals surface area (Å²) in [5.74, 6) is 0.193. The minimum atomic E-state index is -0.126. The van der Waals surface area contributed by atoms with Crippen molar-refractivity contribution in [1.82, 2.24) is 4.90 Å². The van der Waals surface area contributed by atoms with Gasteiger partial charge in [0.1, 0.15) is 0 Å². The van der Waals surface area contributed by atoms with Gasteiger partial charge < -0.3 is 9.64 Å². The Labute approximate surface area is 110 Å². The number of hydrogen-bond acceptors (Lipinski definition) is 3. The van der Waals surface area contributed by atoms with Crippen LogP contribution in [0.25, 0.3) is 0 Å². The number of esters is 1. The fraction of sp³-hybridized carbons (Fsp3) is 0.714. The van der Waals surface area contributed by atoms with Crippen LogP contribution in [-0.2, 0) is 14.3 Å². The number of carbonyl (C=O) groups is 2. The molecule has 0 heterocycles. The minimum absolute atomic E-state index is 0.0636. The normalized spacial score (nSPS) is 10.2. The van der Waals surface area contributed by atoms with Crippen LogP contribution in [0.3, 0.4) is 0 Å². The van der Waals surface area contributed by atoms with E-state index in [4.69, 9.17) is 4.74 Å². The Morgan fingerprint density at radius 2 is 1.94 bits per heavy atom. The van der Waals surface area contributed by atoms with Gasteiger partial charge in [-0.2, -0.15) is 0 Å². The van der Waals surface area contributed by atoms with Gasteiger partial charge in [-0.1, -0.05) is 26.8 Å². The Morgan fingerprint density at radius 3 is 2.50 bits per heavy atom. The molecule has 0 saturated heterocycles. The van der Waals surface area contributed by atoms with Crippen molar-refractivity contribution in [3.63, 3.8) is 0 Å². The van der Waals surface area contributed by atoms with Crippen LogP contribution >= 0.6 is 0 Å². The lowest BCUT2D eigenvalue weighted by molar-refractivity contribution is -0.144. The molecule has 0 bridgehead atoms. The number of unbranched alkanes of at least 4 members (excludes halogenated alkanes) is 2. The van der Waals surface area contributed by atoms with E-state index < -0.39 is 0 Å². The maximum Gasteiger partial charge on any atom is 0.305 e. The molecule has 0 fully saturated rings. The summed E-state index contributed by atoms with van der Waals surface area (Å²) in [6, 6.07) is 0. The van der Waals surface area contributed by atoms with Crippen molar-refractivity contribution in [2.24, 2.45) is 5.92 Å². The van der Waals surface area contributed by atoms with Gasteiger partial charge in [-0.15, -0.1) is 0 Å². The lowest BCUT2D eigenvalue weighted by Crippen LogP contribution is -2.25. The third-order valence-electron chi connectivity index (χ3n) is 2.50. The molecule has 0 unspecified atom stereocenters. The summed E-state index contributed by atoms with van der Waals surface area (Å²) in [4.78, 5) is 24.1. The van der Waals surface area contributed by atoms with Gasteiger partial charge >= 0.3 is 5.97 Å². The summed E-state index contributed by atoms with van der Waals surface area (Å²) in [5.41, 5.74) is 0. The summed E-state index contributed by atoms with van der Waals surface area (Å²) < 4.78 is 5.07. The summed E-state index contributed by atoms with van der Waals surface area (Å²) in [6.45, 7) is 8.65. The van der Waals surface area contributed by atoms with Crippen LogP contribution in [-0.4, -0.2) is 37.0 Å². The summed E-state index contributed by atoms with van der Waals surface area (Å²) in [6.07, 6.45) is 4.40. The van der Waals surface area contributed by atoms with Crippen LogP contribution in [0.2, 0.25) is 0 Å². The molecule has 0 rings (SSSR count). The fourth-order valence-electron chi connectivity index (χ4n) is 1.39. The summed E-state index contributed by atoms with van der Waals surface area (Å²) in [5, 5.41) is 0. The zero-order chi connectivity index (χ0) is 14.0. The zero-order valence-corrected chi connectivity index (χ0v) is 11.8. The van der Waals surface area contributed by atoms with Crippen molar-refractivity contribution in [1.29, 1.82) is 0 Å². The number of amides is 1. The molecule has 18 heavy (non-hydrogen) atoms. The highest BCUT2D eigenvalue weighted by atomic mass is 16.5. The first-order valence-electron chi connectivity index (χ1n) is 6.50. The lowest BCUT2D eigenvalue weighted by atomic mass is 10.2. The number of ether oxygens (including phenoxy) is 1. The van der Waals surface area contributed by atoms with E-state index >= 15 is 0 Å². The van der Waals surface area contributed by atoms with Crippen LogP contribution in [0.4, 0.5) is 0 Å². The maximum absolute atomic E-state index is 11.3. The lowest BCUT2D eigenvalue weighted by Gasteiger charge is -2.14. The van der Waals surface area contributed by atoms with Crippen LogP contribution in [0, 0.1) is 5.92 Å². The number of hydrogen-bond donors (Lipinski definition) is 0. The first-order valence-corrected chi connectivity index (χ1v) is 6.50. The highest BCUT2D eigenvalue weighted by Gasteiger charge is 2.05. The predicted octanol–water partition coefficient (Wildman–Crippen LogP) is 2.39. The van der Waals surface area contributed by atoms with Crippen molar-refractivity contribution in [2.45, 2.75) is 39.5 Å². The van der Waals surface area contributed by atoms with Crippen molar-refractivity contribution in [3.05, 3.63) is 12.7 Å². The Kier molecular flexibility index (Phi) is 8.97. The van der Waals surface area contributed by atoms with Gasteiger partial charge in [0.25, 0.3) is 0 Å². The highest BCUT2D eigenvalue weighted by molar-refractivity contribution is 5.86. The SMILES string of the molecule is C=CC(=O)N(C)CCCCCC(=O)OCC(C)C. The van der Waals surface area contributed by atoms with E-state index in [2.05, 4.69) is 6.58 Å². The van der Waals surface area contributed by atoms with Gasteiger partial charge in [-0.25, -0.2) is 0 Å². The van der Waals surface area contributed by atoms with E-state index in [0.717, 1.165) is 19.3 Å². The second-order valence-electron chi connectivity index (χ2n) is 4.85. The third kappa shape index (κ3) is 8.79. The van der Waals surface area contributed by atoms with Crippen LogP contribution in [0.1, 0.15) is 39.5 Å². The first kappa shape index (κ1) is 16.7. The number of likely N-dealkylation sites (N-methyl/N-ethyl adjacent to an activating group) is 1. The molecule has 1 amide bonds. The molecule has 0 aromatic rings. The van der Waals surface area contributed by atoms with E-state index in [0.29, 0.717) is 25.5 Å². The molecule has 0 aliphatic carbocycles. The quantitative estimate of drug-likeness (QED) is 0.361. The van der Waals surface area contributed by atoms with Crippen molar-refractivity contribution in [3.8, 4) is 0 Å². The average molecular weight is 255 g/mol. The molecule has 4 nitrogen and oxygen atoms in total. The molecule has 4 heteroatoms. The number of carbonyl (C=O) groups excluding carboxylic acids is 2. The second kappa shape index (κ2) is 9.68. The Hall–Kier alpha value is -1.32. The van der Waals surface area contributed by atoms with Gasteiger partial charge in [0.15, 0.2) is 0 Å². The van der Waals surface area contributed by atoms with Crippen LogP contribution in [0.15, 0.2) is 12.7 Å². The van der Waals surface area contributed by atoms with Gasteiger partial charge in [0.2, 0.25) is 5.91 Å². The standard InChI is InChI=1S/C14H25NO3/c1-5-13(16)15(4)10-8-6-7-9-14(17)18-11-12(2)3/h5,12H,1,6-11H2,2-4H3. The largest absolute Gasteiger partial charge is 0.465 e. The molecule has 0 aliphatic rings. The molecule has 0 radical (unpaired) electrons. The van der Waals surface area contributed by atoms with Gasteiger partial charge in [0, 0.05) is 20.0 Å². The highest BCUT2D eigenvalue weighted by Crippen LogP contribution is 2.04. The molecular weight excluding hydrogens is 230 g/mol. The van der Waals surface area contributed by atoms with E-state index in [1.807, 2.05) is 13.8 Å². The monoisotopic (exact) mass is 255 g/mol. The molecule has 0 aromatic heterocycles. The topological polar surface area (TPSA) is 46.6 Å². The number of nitrogens with zero attached hydrogens (tertiary/aromatic N) is 1. The smallest absolute Gasteiger partial charge is 0.305 e. The van der Waals surface area contributed by atoms with Gasteiger partial charge in [-0.05, 0) is 24.8 Å². The molecule has 104 valence electrons. The molecule has 0 spiro atoms. The van der Waals surface area contributed by atoms with Gasteiger partial charge in [0.05, 0.1) is 6.61 Å². The van der Waals surface area contributed by atoms with Crippen molar-refractivity contribution >= 4 is 11.9 Å². The van der Waals surface area contributed by atoms with Gasteiger partial charge in [-0.3, -0.25) is 9.59 Å².